The molecular formula is C13H19FN2O2. The average Bonchev–Trinajstić information content (AvgIpc) is 2.33. The van der Waals surface area contributed by atoms with E-state index in [2.05, 4.69) is 5.32 Å². The van der Waals surface area contributed by atoms with Crippen LogP contribution in [-0.4, -0.2) is 25.1 Å². The van der Waals surface area contributed by atoms with Crippen LogP contribution in [0.2, 0.25) is 0 Å². The van der Waals surface area contributed by atoms with Gasteiger partial charge in [-0.3, -0.25) is 4.79 Å². The van der Waals surface area contributed by atoms with E-state index in [1.165, 1.54) is 6.07 Å². The SMILES string of the molecule is CNC(C)(CCOc1ccc(F)c(C)c1)C(N)=O. The Hall–Kier alpha value is -1.62. The zero-order valence-electron chi connectivity index (χ0n) is 10.9. The highest BCUT2D eigenvalue weighted by molar-refractivity contribution is 5.84. The van der Waals surface area contributed by atoms with Crippen molar-refractivity contribution < 1.29 is 13.9 Å². The van der Waals surface area contributed by atoms with Gasteiger partial charge in [0.1, 0.15) is 11.6 Å². The number of ether oxygens (including phenoxy) is 1. The second kappa shape index (κ2) is 5.82. The number of nitrogens with two attached hydrogens (primary N) is 1. The predicted octanol–water partition coefficient (Wildman–Crippen LogP) is 1.37. The molecule has 18 heavy (non-hydrogen) atoms. The van der Waals surface area contributed by atoms with Crippen LogP contribution >= 0.6 is 0 Å². The van der Waals surface area contributed by atoms with Crippen LogP contribution in [0.5, 0.6) is 5.75 Å². The Morgan fingerprint density at radius 3 is 2.72 bits per heavy atom. The molecule has 100 valence electrons. The summed E-state index contributed by atoms with van der Waals surface area (Å²) < 4.78 is 18.5. The summed E-state index contributed by atoms with van der Waals surface area (Å²) in [6.07, 6.45) is 0.440. The van der Waals surface area contributed by atoms with Gasteiger partial charge in [-0.15, -0.1) is 0 Å². The normalized spacial score (nSPS) is 14.0. The van der Waals surface area contributed by atoms with Crippen LogP contribution < -0.4 is 15.8 Å². The molecule has 1 unspecified atom stereocenters. The maximum atomic E-state index is 13.0. The molecule has 4 nitrogen and oxygen atoms in total. The second-order valence-electron chi connectivity index (χ2n) is 4.46. The van der Waals surface area contributed by atoms with Crippen LogP contribution in [0, 0.1) is 12.7 Å². The smallest absolute Gasteiger partial charge is 0.237 e. The highest BCUT2D eigenvalue weighted by Crippen LogP contribution is 2.17. The Morgan fingerprint density at radius 1 is 1.56 bits per heavy atom. The van der Waals surface area contributed by atoms with E-state index in [-0.39, 0.29) is 5.82 Å². The summed E-state index contributed by atoms with van der Waals surface area (Å²) in [6, 6.07) is 4.54. The van der Waals surface area contributed by atoms with Gasteiger partial charge in [-0.05, 0) is 44.7 Å². The van der Waals surface area contributed by atoms with Gasteiger partial charge >= 0.3 is 0 Å². The van der Waals surface area contributed by atoms with Gasteiger partial charge in [-0.2, -0.15) is 0 Å². The minimum absolute atomic E-state index is 0.264. The molecule has 0 bridgehead atoms. The van der Waals surface area contributed by atoms with Gasteiger partial charge in [0.25, 0.3) is 0 Å². The first kappa shape index (κ1) is 14.4. The molecule has 0 aliphatic carbocycles. The van der Waals surface area contributed by atoms with Crippen molar-refractivity contribution in [3.63, 3.8) is 0 Å². The molecule has 1 rings (SSSR count). The van der Waals surface area contributed by atoms with Crippen LogP contribution in [0.1, 0.15) is 18.9 Å². The number of hydrogen-bond acceptors (Lipinski definition) is 3. The minimum Gasteiger partial charge on any atom is -0.493 e. The number of rotatable bonds is 6. The van der Waals surface area contributed by atoms with Gasteiger partial charge in [0, 0.05) is 6.42 Å². The lowest BCUT2D eigenvalue weighted by Gasteiger charge is -2.25. The minimum atomic E-state index is -0.797. The summed E-state index contributed by atoms with van der Waals surface area (Å²) in [5.74, 6) is -0.111. The standard InChI is InChI=1S/C13H19FN2O2/c1-9-8-10(4-5-11(9)14)18-7-6-13(2,16-3)12(15)17/h4-5,8,16H,6-7H2,1-3H3,(H2,15,17). The van der Waals surface area contributed by atoms with Crippen LogP contribution in [0.15, 0.2) is 18.2 Å². The maximum absolute atomic E-state index is 13.0. The van der Waals surface area contributed by atoms with Gasteiger partial charge in [0.05, 0.1) is 12.1 Å². The molecule has 1 aromatic rings. The topological polar surface area (TPSA) is 64.3 Å². The Labute approximate surface area is 106 Å². The number of primary amides is 1. The van der Waals surface area contributed by atoms with Crippen molar-refractivity contribution in [2.45, 2.75) is 25.8 Å². The molecular weight excluding hydrogens is 235 g/mol. The number of amides is 1. The zero-order valence-corrected chi connectivity index (χ0v) is 10.9. The molecule has 0 heterocycles. The molecule has 0 aromatic heterocycles. The fourth-order valence-corrected chi connectivity index (χ4v) is 1.45. The summed E-state index contributed by atoms with van der Waals surface area (Å²) in [5, 5.41) is 2.87. The Kier molecular flexibility index (Phi) is 4.67. The number of nitrogens with one attached hydrogen (secondary N) is 1. The van der Waals surface area contributed by atoms with Crippen molar-refractivity contribution in [1.82, 2.24) is 5.32 Å². The lowest BCUT2D eigenvalue weighted by atomic mass is 9.98. The van der Waals surface area contributed by atoms with Crippen molar-refractivity contribution in [2.75, 3.05) is 13.7 Å². The summed E-state index contributed by atoms with van der Waals surface area (Å²) in [7, 11) is 1.67. The lowest BCUT2D eigenvalue weighted by molar-refractivity contribution is -0.124. The third kappa shape index (κ3) is 3.43. The van der Waals surface area contributed by atoms with E-state index < -0.39 is 11.4 Å². The van der Waals surface area contributed by atoms with Crippen molar-refractivity contribution in [1.29, 1.82) is 0 Å². The highest BCUT2D eigenvalue weighted by Gasteiger charge is 2.28. The third-order valence-electron chi connectivity index (χ3n) is 3.10. The number of carbonyl (C=O) groups excluding carboxylic acids is 1. The molecule has 3 N–H and O–H groups in total. The molecule has 1 atom stereocenters. The summed E-state index contributed by atoms with van der Waals surface area (Å²) in [5.41, 5.74) is 5.03. The maximum Gasteiger partial charge on any atom is 0.237 e. The third-order valence-corrected chi connectivity index (χ3v) is 3.10. The van der Waals surface area contributed by atoms with Gasteiger partial charge in [0.2, 0.25) is 5.91 Å². The van der Waals surface area contributed by atoms with E-state index in [9.17, 15) is 9.18 Å². The predicted molar refractivity (Wildman–Crippen MR) is 67.9 cm³/mol. The molecule has 0 saturated heterocycles. The van der Waals surface area contributed by atoms with E-state index in [1.807, 2.05) is 0 Å². The van der Waals surface area contributed by atoms with Crippen LogP contribution in [0.4, 0.5) is 4.39 Å². The molecule has 0 saturated carbocycles. The zero-order chi connectivity index (χ0) is 13.8. The van der Waals surface area contributed by atoms with Gasteiger partial charge in [0.15, 0.2) is 0 Å². The van der Waals surface area contributed by atoms with Gasteiger partial charge in [-0.1, -0.05) is 0 Å². The van der Waals surface area contributed by atoms with Crippen molar-refractivity contribution in [2.24, 2.45) is 5.73 Å². The van der Waals surface area contributed by atoms with Gasteiger partial charge in [-0.25, -0.2) is 4.39 Å². The van der Waals surface area contributed by atoms with E-state index in [1.54, 1.807) is 33.0 Å². The fourth-order valence-electron chi connectivity index (χ4n) is 1.45. The highest BCUT2D eigenvalue weighted by atomic mass is 19.1. The van der Waals surface area contributed by atoms with E-state index >= 15 is 0 Å². The molecule has 0 aliphatic heterocycles. The van der Waals surface area contributed by atoms with E-state index in [0.29, 0.717) is 24.3 Å². The molecule has 0 fully saturated rings. The lowest BCUT2D eigenvalue weighted by Crippen LogP contribution is -2.52. The molecule has 1 aromatic carbocycles. The number of halogens is 1. The first-order valence-corrected chi connectivity index (χ1v) is 5.77. The number of likely N-dealkylation sites (N-methyl/N-ethyl adjacent to an activating group) is 1. The molecule has 1 amide bonds. The van der Waals surface area contributed by atoms with E-state index in [0.717, 1.165) is 0 Å². The Balaban J connectivity index is 2.56. The summed E-state index contributed by atoms with van der Waals surface area (Å²) >= 11 is 0. The molecule has 0 spiro atoms. The largest absolute Gasteiger partial charge is 0.493 e. The summed E-state index contributed by atoms with van der Waals surface area (Å²) in [6.45, 7) is 3.71. The van der Waals surface area contributed by atoms with Crippen LogP contribution in [0.3, 0.4) is 0 Å². The second-order valence-corrected chi connectivity index (χ2v) is 4.46. The average molecular weight is 254 g/mol. The van der Waals surface area contributed by atoms with Crippen LogP contribution in [-0.2, 0) is 4.79 Å². The van der Waals surface area contributed by atoms with Crippen molar-refractivity contribution >= 4 is 5.91 Å². The Morgan fingerprint density at radius 2 is 2.22 bits per heavy atom. The Bertz CT molecular complexity index is 437. The van der Waals surface area contributed by atoms with Crippen molar-refractivity contribution in [3.8, 4) is 5.75 Å². The quantitative estimate of drug-likeness (QED) is 0.805. The van der Waals surface area contributed by atoms with E-state index in [4.69, 9.17) is 10.5 Å². The first-order chi connectivity index (χ1) is 8.39. The first-order valence-electron chi connectivity index (χ1n) is 5.77. The molecule has 5 heteroatoms. The van der Waals surface area contributed by atoms with Gasteiger partial charge < -0.3 is 15.8 Å². The fraction of sp³-hybridized carbons (Fsp3) is 0.462. The number of aryl methyl sites for hydroxylation is 1. The van der Waals surface area contributed by atoms with Crippen molar-refractivity contribution in [3.05, 3.63) is 29.6 Å². The van der Waals surface area contributed by atoms with Crippen LogP contribution in [0.25, 0.3) is 0 Å². The molecule has 0 radical (unpaired) electrons. The monoisotopic (exact) mass is 254 g/mol. The number of hydrogen-bond donors (Lipinski definition) is 2. The summed E-state index contributed by atoms with van der Waals surface area (Å²) in [4.78, 5) is 11.2. The number of carbonyl (C=O) groups is 1. The molecule has 0 aliphatic rings. The number of benzene rings is 1.